The quantitative estimate of drug-likeness (QED) is 0.633. The van der Waals surface area contributed by atoms with Crippen molar-refractivity contribution in [3.63, 3.8) is 0 Å². The number of hydrogen-bond acceptors (Lipinski definition) is 3. The van der Waals surface area contributed by atoms with Gasteiger partial charge in [0.1, 0.15) is 6.04 Å². The maximum atomic E-state index is 13.3. The molecular weight excluding hydrogens is 459 g/mol. The molecule has 0 aliphatic carbocycles. The van der Waals surface area contributed by atoms with Crippen LogP contribution in [-0.4, -0.2) is 59.7 Å². The van der Waals surface area contributed by atoms with Crippen LogP contribution in [0, 0.1) is 5.92 Å². The second kappa shape index (κ2) is 11.4. The fraction of sp³-hybridized carbons (Fsp3) is 0.423. The molecule has 0 unspecified atom stereocenters. The minimum Gasteiger partial charge on any atom is -0.341 e. The molecule has 0 aromatic heterocycles. The topological polar surface area (TPSA) is 69.7 Å². The van der Waals surface area contributed by atoms with Crippen molar-refractivity contribution in [1.29, 1.82) is 0 Å². The molecule has 1 atom stereocenters. The largest absolute Gasteiger partial charge is 0.416 e. The van der Waals surface area contributed by atoms with E-state index in [1.807, 2.05) is 13.8 Å². The summed E-state index contributed by atoms with van der Waals surface area (Å²) in [5.41, 5.74) is -0.163. The number of hydrogen-bond donors (Lipinski definition) is 1. The van der Waals surface area contributed by atoms with Crippen molar-refractivity contribution in [2.75, 3.05) is 26.2 Å². The molecule has 1 aliphatic heterocycles. The molecule has 0 saturated carbocycles. The molecule has 2 aromatic rings. The van der Waals surface area contributed by atoms with Gasteiger partial charge in [0.25, 0.3) is 11.8 Å². The van der Waals surface area contributed by atoms with Gasteiger partial charge in [-0.2, -0.15) is 13.2 Å². The average Bonchev–Trinajstić information content (AvgIpc) is 2.87. The lowest BCUT2D eigenvalue weighted by Gasteiger charge is -2.37. The highest BCUT2D eigenvalue weighted by Gasteiger charge is 2.36. The first kappa shape index (κ1) is 26.2. The van der Waals surface area contributed by atoms with Crippen molar-refractivity contribution in [3.05, 3.63) is 71.3 Å². The van der Waals surface area contributed by atoms with Crippen LogP contribution in [0.15, 0.2) is 54.6 Å². The Balaban J connectivity index is 1.70. The van der Waals surface area contributed by atoms with Gasteiger partial charge in [0.15, 0.2) is 0 Å². The van der Waals surface area contributed by atoms with Gasteiger partial charge in [-0.1, -0.05) is 18.2 Å². The molecule has 0 spiro atoms. The molecule has 3 amide bonds. The molecule has 9 heteroatoms. The number of carbonyl (C=O) groups is 3. The van der Waals surface area contributed by atoms with Crippen LogP contribution in [0.1, 0.15) is 53.0 Å². The van der Waals surface area contributed by atoms with E-state index < -0.39 is 17.8 Å². The van der Waals surface area contributed by atoms with Crippen molar-refractivity contribution in [2.24, 2.45) is 5.92 Å². The van der Waals surface area contributed by atoms with Crippen molar-refractivity contribution >= 4 is 17.7 Å². The SMILES string of the molecule is CCN(CC)C(=O)[C@@H](NC(=O)c1ccccc1)C1CCN(C(=O)c2ccc(C(F)(F)F)cc2)CC1. The number of nitrogens with zero attached hydrogens (tertiary/aromatic N) is 2. The van der Waals surface area contributed by atoms with E-state index in [-0.39, 0.29) is 29.2 Å². The Morgan fingerprint density at radius 2 is 1.51 bits per heavy atom. The van der Waals surface area contributed by atoms with Crippen LogP contribution < -0.4 is 5.32 Å². The zero-order valence-corrected chi connectivity index (χ0v) is 19.8. The second-order valence-corrected chi connectivity index (χ2v) is 8.53. The molecule has 6 nitrogen and oxygen atoms in total. The Hall–Kier alpha value is -3.36. The normalized spacial score (nSPS) is 15.4. The summed E-state index contributed by atoms with van der Waals surface area (Å²) in [4.78, 5) is 42.2. The molecule has 188 valence electrons. The van der Waals surface area contributed by atoms with E-state index in [9.17, 15) is 27.6 Å². The molecule has 1 aliphatic rings. The van der Waals surface area contributed by atoms with E-state index in [1.54, 1.807) is 40.1 Å². The first-order chi connectivity index (χ1) is 16.7. The number of carbonyl (C=O) groups excluding carboxylic acids is 3. The number of rotatable bonds is 7. The Kier molecular flexibility index (Phi) is 8.53. The summed E-state index contributed by atoms with van der Waals surface area (Å²) in [5.74, 6) is -1.02. The van der Waals surface area contributed by atoms with Gasteiger partial charge in [-0.05, 0) is 69.0 Å². The van der Waals surface area contributed by atoms with E-state index in [4.69, 9.17) is 0 Å². The second-order valence-electron chi connectivity index (χ2n) is 8.53. The molecule has 1 N–H and O–H groups in total. The van der Waals surface area contributed by atoms with E-state index in [1.165, 1.54) is 12.1 Å². The minimum atomic E-state index is -4.46. The number of likely N-dealkylation sites (tertiary alicyclic amines) is 1. The Morgan fingerprint density at radius 3 is 2.03 bits per heavy atom. The number of nitrogens with one attached hydrogen (secondary N) is 1. The maximum Gasteiger partial charge on any atom is 0.416 e. The molecule has 0 radical (unpaired) electrons. The third kappa shape index (κ3) is 6.41. The van der Waals surface area contributed by atoms with Gasteiger partial charge in [0.2, 0.25) is 5.91 Å². The first-order valence-electron chi connectivity index (χ1n) is 11.8. The Morgan fingerprint density at radius 1 is 0.943 bits per heavy atom. The molecule has 1 heterocycles. The van der Waals surface area contributed by atoms with Crippen molar-refractivity contribution < 1.29 is 27.6 Å². The summed E-state index contributed by atoms with van der Waals surface area (Å²) in [6.45, 7) is 5.46. The molecule has 35 heavy (non-hydrogen) atoms. The summed E-state index contributed by atoms with van der Waals surface area (Å²) in [6, 6.07) is 12.1. The Labute approximate surface area is 203 Å². The monoisotopic (exact) mass is 489 g/mol. The fourth-order valence-electron chi connectivity index (χ4n) is 4.35. The number of alkyl halides is 3. The summed E-state index contributed by atoms with van der Waals surface area (Å²) in [6.07, 6.45) is -3.49. The van der Waals surface area contributed by atoms with Gasteiger partial charge in [0, 0.05) is 37.3 Å². The number of benzene rings is 2. The van der Waals surface area contributed by atoms with Crippen LogP contribution in [-0.2, 0) is 11.0 Å². The zero-order valence-electron chi connectivity index (χ0n) is 19.8. The molecule has 0 bridgehead atoms. The molecule has 1 saturated heterocycles. The van der Waals surface area contributed by atoms with Gasteiger partial charge < -0.3 is 15.1 Å². The van der Waals surface area contributed by atoms with E-state index in [0.29, 0.717) is 44.6 Å². The smallest absolute Gasteiger partial charge is 0.341 e. The molecule has 2 aromatic carbocycles. The summed E-state index contributed by atoms with van der Waals surface area (Å²) >= 11 is 0. The molecular formula is C26H30F3N3O3. The molecule has 1 fully saturated rings. The van der Waals surface area contributed by atoms with E-state index >= 15 is 0 Å². The number of amides is 3. The predicted octanol–water partition coefficient (Wildman–Crippen LogP) is 4.22. The van der Waals surface area contributed by atoms with Gasteiger partial charge in [-0.3, -0.25) is 14.4 Å². The van der Waals surface area contributed by atoms with Crippen LogP contribution >= 0.6 is 0 Å². The lowest BCUT2D eigenvalue weighted by Crippen LogP contribution is -2.54. The van der Waals surface area contributed by atoms with Crippen molar-refractivity contribution in [3.8, 4) is 0 Å². The van der Waals surface area contributed by atoms with Crippen LogP contribution in [0.4, 0.5) is 13.2 Å². The maximum absolute atomic E-state index is 13.3. The van der Waals surface area contributed by atoms with Crippen LogP contribution in [0.2, 0.25) is 0 Å². The zero-order chi connectivity index (χ0) is 25.6. The van der Waals surface area contributed by atoms with E-state index in [0.717, 1.165) is 12.1 Å². The highest BCUT2D eigenvalue weighted by atomic mass is 19.4. The minimum absolute atomic E-state index is 0.160. The van der Waals surface area contributed by atoms with Crippen molar-refractivity contribution in [2.45, 2.75) is 38.9 Å². The highest BCUT2D eigenvalue weighted by molar-refractivity contribution is 5.97. The number of likely N-dealkylation sites (N-methyl/N-ethyl adjacent to an activating group) is 1. The lowest BCUT2D eigenvalue weighted by molar-refractivity contribution is -0.137. The predicted molar refractivity (Wildman–Crippen MR) is 126 cm³/mol. The summed E-state index contributed by atoms with van der Waals surface area (Å²) < 4.78 is 38.4. The number of piperidine rings is 1. The third-order valence-electron chi connectivity index (χ3n) is 6.42. The Bertz CT molecular complexity index is 1010. The van der Waals surface area contributed by atoms with Gasteiger partial charge in [-0.15, -0.1) is 0 Å². The standard InChI is InChI=1S/C26H30F3N3O3/c1-3-31(4-2)25(35)22(30-23(33)19-8-6-5-7-9-19)18-14-16-32(17-15-18)24(34)20-10-12-21(13-11-20)26(27,28)29/h5-13,18,22H,3-4,14-17H2,1-2H3,(H,30,33)/t22-/m0/s1. The fourth-order valence-corrected chi connectivity index (χ4v) is 4.35. The average molecular weight is 490 g/mol. The van der Waals surface area contributed by atoms with Crippen LogP contribution in [0.5, 0.6) is 0 Å². The summed E-state index contributed by atoms with van der Waals surface area (Å²) in [7, 11) is 0. The van der Waals surface area contributed by atoms with Gasteiger partial charge in [0.05, 0.1) is 5.56 Å². The third-order valence-corrected chi connectivity index (χ3v) is 6.42. The lowest BCUT2D eigenvalue weighted by atomic mass is 9.87. The van der Waals surface area contributed by atoms with Crippen LogP contribution in [0.25, 0.3) is 0 Å². The molecule has 3 rings (SSSR count). The van der Waals surface area contributed by atoms with Gasteiger partial charge >= 0.3 is 6.18 Å². The van der Waals surface area contributed by atoms with Crippen molar-refractivity contribution in [1.82, 2.24) is 15.1 Å². The van der Waals surface area contributed by atoms with E-state index in [2.05, 4.69) is 5.32 Å². The number of halogens is 3. The highest BCUT2D eigenvalue weighted by Crippen LogP contribution is 2.30. The van der Waals surface area contributed by atoms with Gasteiger partial charge in [-0.25, -0.2) is 0 Å². The first-order valence-corrected chi connectivity index (χ1v) is 11.8. The summed E-state index contributed by atoms with van der Waals surface area (Å²) in [5, 5.41) is 2.91. The van der Waals surface area contributed by atoms with Crippen LogP contribution in [0.3, 0.4) is 0 Å².